The Morgan fingerprint density at radius 1 is 1.00 bits per heavy atom. The molecule has 132 valence electrons. The van der Waals surface area contributed by atoms with Crippen molar-refractivity contribution in [3.8, 4) is 0 Å². The van der Waals surface area contributed by atoms with Crippen LogP contribution in [0.3, 0.4) is 0 Å². The molecule has 0 aliphatic rings. The molecule has 0 N–H and O–H groups in total. The first-order chi connectivity index (χ1) is 12.5. The molecule has 0 saturated carbocycles. The summed E-state index contributed by atoms with van der Waals surface area (Å²) in [5.41, 5.74) is 4.37. The van der Waals surface area contributed by atoms with Gasteiger partial charge in [0.1, 0.15) is 5.82 Å². The van der Waals surface area contributed by atoms with Gasteiger partial charge in [0.25, 0.3) is 5.56 Å². The monoisotopic (exact) mass is 364 g/mol. The summed E-state index contributed by atoms with van der Waals surface area (Å²) in [6.07, 6.45) is 0. The number of nitrogens with zero attached hydrogens (tertiary/aromatic N) is 4. The van der Waals surface area contributed by atoms with Crippen LogP contribution in [0, 0.1) is 20.8 Å². The standard InChI is InChI=1S/C20H20N4OS/c1-12-6-8-16-15(9-12)19(25)23(4)20-22-21-18(24(16)20)11-26-17-10-13(2)5-7-14(17)3/h5-10H,11H2,1-4H3. The Morgan fingerprint density at radius 2 is 1.73 bits per heavy atom. The number of fused-ring (bicyclic) bond motifs is 3. The summed E-state index contributed by atoms with van der Waals surface area (Å²) in [6.45, 7) is 6.21. The topological polar surface area (TPSA) is 52.2 Å². The number of rotatable bonds is 3. The van der Waals surface area contributed by atoms with Crippen molar-refractivity contribution in [1.82, 2.24) is 19.2 Å². The van der Waals surface area contributed by atoms with E-state index in [1.807, 2.05) is 29.5 Å². The van der Waals surface area contributed by atoms with Crippen LogP contribution in [0.1, 0.15) is 22.5 Å². The number of benzene rings is 2. The number of hydrogen-bond donors (Lipinski definition) is 0. The molecule has 0 unspecified atom stereocenters. The van der Waals surface area contributed by atoms with Crippen molar-refractivity contribution in [2.45, 2.75) is 31.4 Å². The Bertz CT molecular complexity index is 1210. The van der Waals surface area contributed by atoms with E-state index in [1.165, 1.54) is 16.0 Å². The smallest absolute Gasteiger partial charge is 0.262 e. The molecule has 0 atom stereocenters. The van der Waals surface area contributed by atoms with Gasteiger partial charge in [0.05, 0.1) is 16.7 Å². The van der Waals surface area contributed by atoms with Crippen molar-refractivity contribution in [1.29, 1.82) is 0 Å². The Balaban J connectivity index is 1.85. The van der Waals surface area contributed by atoms with Gasteiger partial charge >= 0.3 is 0 Å². The third kappa shape index (κ3) is 2.70. The second-order valence-electron chi connectivity index (χ2n) is 6.69. The molecule has 6 heteroatoms. The maximum atomic E-state index is 12.6. The normalized spacial score (nSPS) is 11.5. The molecule has 2 aromatic heterocycles. The highest BCUT2D eigenvalue weighted by Gasteiger charge is 2.15. The first-order valence-corrected chi connectivity index (χ1v) is 9.47. The molecule has 0 radical (unpaired) electrons. The maximum Gasteiger partial charge on any atom is 0.262 e. The zero-order valence-electron chi connectivity index (χ0n) is 15.3. The fourth-order valence-electron chi connectivity index (χ4n) is 3.16. The second kappa shape index (κ2) is 6.29. The van der Waals surface area contributed by atoms with Crippen molar-refractivity contribution in [2.75, 3.05) is 0 Å². The van der Waals surface area contributed by atoms with Crippen LogP contribution in [0.5, 0.6) is 0 Å². The largest absolute Gasteiger partial charge is 0.279 e. The van der Waals surface area contributed by atoms with Gasteiger partial charge in [-0.05, 0) is 44.5 Å². The second-order valence-corrected chi connectivity index (χ2v) is 7.71. The molecular formula is C20H20N4OS. The molecule has 0 spiro atoms. The maximum absolute atomic E-state index is 12.6. The molecular weight excluding hydrogens is 344 g/mol. The summed E-state index contributed by atoms with van der Waals surface area (Å²) < 4.78 is 3.56. The minimum Gasteiger partial charge on any atom is -0.279 e. The lowest BCUT2D eigenvalue weighted by atomic mass is 10.1. The van der Waals surface area contributed by atoms with Crippen molar-refractivity contribution in [3.63, 3.8) is 0 Å². The van der Waals surface area contributed by atoms with Crippen molar-refractivity contribution in [3.05, 3.63) is 69.3 Å². The summed E-state index contributed by atoms with van der Waals surface area (Å²) in [5, 5.41) is 9.33. The number of thioether (sulfide) groups is 1. The van der Waals surface area contributed by atoms with Crippen LogP contribution >= 0.6 is 11.8 Å². The fraction of sp³-hybridized carbons (Fsp3) is 0.250. The predicted octanol–water partition coefficient (Wildman–Crippen LogP) is 3.80. The molecule has 4 aromatic rings. The highest BCUT2D eigenvalue weighted by atomic mass is 32.2. The van der Waals surface area contributed by atoms with Gasteiger partial charge in [0, 0.05) is 11.9 Å². The van der Waals surface area contributed by atoms with Crippen LogP contribution in [0.2, 0.25) is 0 Å². The van der Waals surface area contributed by atoms with Crippen LogP contribution < -0.4 is 5.56 Å². The van der Waals surface area contributed by atoms with Gasteiger partial charge in [-0.2, -0.15) is 0 Å². The summed E-state index contributed by atoms with van der Waals surface area (Å²) in [5.74, 6) is 2.10. The van der Waals surface area contributed by atoms with Gasteiger partial charge in [0.2, 0.25) is 5.78 Å². The molecule has 0 aliphatic carbocycles. The zero-order valence-corrected chi connectivity index (χ0v) is 16.1. The average Bonchev–Trinajstić information content (AvgIpc) is 3.04. The SMILES string of the molecule is Cc1ccc(C)c(SCc2nnc3n(C)c(=O)c4cc(C)ccc4n23)c1. The van der Waals surface area contributed by atoms with E-state index < -0.39 is 0 Å². The quantitative estimate of drug-likeness (QED) is 0.519. The van der Waals surface area contributed by atoms with Crippen LogP contribution in [-0.4, -0.2) is 19.2 Å². The van der Waals surface area contributed by atoms with Crippen LogP contribution in [0.25, 0.3) is 16.7 Å². The van der Waals surface area contributed by atoms with Crippen LogP contribution in [0.4, 0.5) is 0 Å². The Kier molecular flexibility index (Phi) is 4.07. The molecule has 0 fully saturated rings. The van der Waals surface area contributed by atoms with E-state index in [1.54, 1.807) is 23.4 Å². The first kappa shape index (κ1) is 16.8. The average molecular weight is 364 g/mol. The van der Waals surface area contributed by atoms with E-state index >= 15 is 0 Å². The Morgan fingerprint density at radius 3 is 2.54 bits per heavy atom. The van der Waals surface area contributed by atoms with Gasteiger partial charge < -0.3 is 0 Å². The Labute approximate surface area is 155 Å². The van der Waals surface area contributed by atoms with E-state index in [0.29, 0.717) is 16.9 Å². The molecule has 26 heavy (non-hydrogen) atoms. The van der Waals surface area contributed by atoms with E-state index in [2.05, 4.69) is 42.2 Å². The van der Waals surface area contributed by atoms with E-state index in [4.69, 9.17) is 0 Å². The number of aryl methyl sites for hydroxylation is 4. The Hall–Kier alpha value is -2.60. The molecule has 4 rings (SSSR count). The molecule has 0 aliphatic heterocycles. The lowest BCUT2D eigenvalue weighted by molar-refractivity contribution is 0.857. The summed E-state index contributed by atoms with van der Waals surface area (Å²) in [4.78, 5) is 13.9. The molecule has 0 saturated heterocycles. The minimum atomic E-state index is -0.0441. The van der Waals surface area contributed by atoms with Crippen LogP contribution in [-0.2, 0) is 12.8 Å². The number of hydrogen-bond acceptors (Lipinski definition) is 4. The first-order valence-electron chi connectivity index (χ1n) is 8.49. The number of aromatic nitrogens is 4. The van der Waals surface area contributed by atoms with Gasteiger partial charge in [-0.25, -0.2) is 0 Å². The summed E-state index contributed by atoms with van der Waals surface area (Å²) >= 11 is 1.74. The van der Waals surface area contributed by atoms with E-state index in [-0.39, 0.29) is 5.56 Å². The summed E-state index contributed by atoms with van der Waals surface area (Å²) in [7, 11) is 1.75. The highest BCUT2D eigenvalue weighted by Crippen LogP contribution is 2.27. The lowest BCUT2D eigenvalue weighted by Gasteiger charge is -2.09. The lowest BCUT2D eigenvalue weighted by Crippen LogP contribution is -2.20. The van der Waals surface area contributed by atoms with Gasteiger partial charge in [-0.3, -0.25) is 13.8 Å². The third-order valence-corrected chi connectivity index (χ3v) is 5.79. The molecule has 0 bridgehead atoms. The highest BCUT2D eigenvalue weighted by molar-refractivity contribution is 7.98. The van der Waals surface area contributed by atoms with Crippen molar-refractivity contribution < 1.29 is 0 Å². The van der Waals surface area contributed by atoms with Gasteiger partial charge in [0.15, 0.2) is 0 Å². The third-order valence-electron chi connectivity index (χ3n) is 4.64. The molecule has 2 aromatic carbocycles. The van der Waals surface area contributed by atoms with E-state index in [9.17, 15) is 4.79 Å². The van der Waals surface area contributed by atoms with Gasteiger partial charge in [-0.1, -0.05) is 29.3 Å². The molecule has 2 heterocycles. The minimum absolute atomic E-state index is 0.0441. The summed E-state index contributed by atoms with van der Waals surface area (Å²) in [6, 6.07) is 12.4. The van der Waals surface area contributed by atoms with Crippen molar-refractivity contribution in [2.24, 2.45) is 7.05 Å². The fourth-order valence-corrected chi connectivity index (χ4v) is 4.19. The predicted molar refractivity (Wildman–Crippen MR) is 106 cm³/mol. The van der Waals surface area contributed by atoms with Gasteiger partial charge in [-0.15, -0.1) is 22.0 Å². The molecule has 0 amide bonds. The van der Waals surface area contributed by atoms with E-state index in [0.717, 1.165) is 16.9 Å². The molecule has 5 nitrogen and oxygen atoms in total. The van der Waals surface area contributed by atoms with Crippen LogP contribution in [0.15, 0.2) is 46.1 Å². The van der Waals surface area contributed by atoms with Crippen molar-refractivity contribution >= 4 is 28.4 Å². The zero-order chi connectivity index (χ0) is 18.4.